The number of nitrogens with one attached hydrogen (secondary N) is 1. The van der Waals surface area contributed by atoms with E-state index < -0.39 is 30.3 Å². The van der Waals surface area contributed by atoms with Crippen LogP contribution in [0.5, 0.6) is 0 Å². The first-order valence-corrected chi connectivity index (χ1v) is 4.87. The van der Waals surface area contributed by atoms with E-state index in [4.69, 9.17) is 5.11 Å². The molecule has 0 bridgehead atoms. The molecule has 16 heavy (non-hydrogen) atoms. The molecule has 0 aromatic heterocycles. The van der Waals surface area contributed by atoms with Crippen molar-refractivity contribution < 1.29 is 23.1 Å². The van der Waals surface area contributed by atoms with Crippen LogP contribution in [-0.2, 0) is 4.79 Å². The molecule has 4 N–H and O–H groups in total. The predicted molar refractivity (Wildman–Crippen MR) is 54.4 cm³/mol. The Morgan fingerprint density at radius 3 is 1.94 bits per heavy atom. The molecule has 0 rings (SSSR count). The van der Waals surface area contributed by atoms with Crippen LogP contribution in [0, 0.1) is 5.92 Å². The van der Waals surface area contributed by atoms with Crippen LogP contribution in [0.3, 0.4) is 0 Å². The maximum atomic E-state index is 12.1. The maximum Gasteiger partial charge on any atom is 0.401 e. The molecule has 7 heteroatoms. The van der Waals surface area contributed by atoms with Crippen LogP contribution < -0.4 is 11.1 Å². The van der Waals surface area contributed by atoms with Gasteiger partial charge in [-0.05, 0) is 13.8 Å². The summed E-state index contributed by atoms with van der Waals surface area (Å²) in [5, 5.41) is 11.2. The molecule has 0 fully saturated rings. The molecule has 0 saturated carbocycles. The van der Waals surface area contributed by atoms with Crippen molar-refractivity contribution >= 4 is 5.91 Å². The summed E-state index contributed by atoms with van der Waals surface area (Å²) >= 11 is 0. The number of halogens is 3. The highest BCUT2D eigenvalue weighted by Crippen LogP contribution is 2.25. The number of amides is 1. The van der Waals surface area contributed by atoms with E-state index in [2.05, 4.69) is 11.1 Å². The van der Waals surface area contributed by atoms with E-state index in [1.807, 2.05) is 13.8 Å². The van der Waals surface area contributed by atoms with Gasteiger partial charge in [-0.2, -0.15) is 13.2 Å². The van der Waals surface area contributed by atoms with Gasteiger partial charge in [-0.25, -0.2) is 0 Å². The molecule has 0 radical (unpaired) electrons. The SMILES string of the molecule is CC.CC(C)(O)NCC(C(N)=O)C(F)(F)F. The molecule has 98 valence electrons. The lowest BCUT2D eigenvalue weighted by Crippen LogP contribution is -2.48. The van der Waals surface area contributed by atoms with Crippen molar-refractivity contribution in [2.45, 2.75) is 39.6 Å². The van der Waals surface area contributed by atoms with Crippen molar-refractivity contribution in [2.24, 2.45) is 11.7 Å². The molecule has 1 atom stereocenters. The maximum absolute atomic E-state index is 12.1. The van der Waals surface area contributed by atoms with Gasteiger partial charge in [0.1, 0.15) is 11.6 Å². The van der Waals surface area contributed by atoms with Gasteiger partial charge in [0.15, 0.2) is 0 Å². The summed E-state index contributed by atoms with van der Waals surface area (Å²) in [5.74, 6) is -3.75. The molecule has 0 saturated heterocycles. The summed E-state index contributed by atoms with van der Waals surface area (Å²) in [6.45, 7) is 5.80. The summed E-state index contributed by atoms with van der Waals surface area (Å²) in [7, 11) is 0. The molecular weight excluding hydrogens is 225 g/mol. The predicted octanol–water partition coefficient (Wildman–Crippen LogP) is 0.994. The van der Waals surface area contributed by atoms with E-state index in [0.717, 1.165) is 0 Å². The number of aliphatic hydroxyl groups is 1. The van der Waals surface area contributed by atoms with Crippen LogP contribution in [0.1, 0.15) is 27.7 Å². The van der Waals surface area contributed by atoms with Crippen molar-refractivity contribution in [3.63, 3.8) is 0 Å². The minimum absolute atomic E-state index is 0.734. The topological polar surface area (TPSA) is 75.3 Å². The smallest absolute Gasteiger partial charge is 0.376 e. The Morgan fingerprint density at radius 1 is 1.38 bits per heavy atom. The second kappa shape index (κ2) is 6.70. The second-order valence-corrected chi connectivity index (χ2v) is 3.44. The molecule has 0 aromatic carbocycles. The van der Waals surface area contributed by atoms with Crippen LogP contribution in [-0.4, -0.2) is 29.5 Å². The Hall–Kier alpha value is -0.820. The first-order chi connectivity index (χ1) is 7.04. The first kappa shape index (κ1) is 17.6. The zero-order valence-electron chi connectivity index (χ0n) is 9.85. The van der Waals surface area contributed by atoms with Crippen molar-refractivity contribution in [3.8, 4) is 0 Å². The Bertz CT molecular complexity index is 212. The van der Waals surface area contributed by atoms with Gasteiger partial charge < -0.3 is 10.8 Å². The first-order valence-electron chi connectivity index (χ1n) is 4.87. The fourth-order valence-electron chi connectivity index (χ4n) is 0.729. The number of rotatable bonds is 4. The lowest BCUT2D eigenvalue weighted by atomic mass is 10.1. The largest absolute Gasteiger partial charge is 0.401 e. The number of carbonyl (C=O) groups excluding carboxylic acids is 1. The number of carbonyl (C=O) groups is 1. The van der Waals surface area contributed by atoms with Crippen LogP contribution in [0.15, 0.2) is 0 Å². The highest BCUT2D eigenvalue weighted by molar-refractivity contribution is 5.77. The highest BCUT2D eigenvalue weighted by atomic mass is 19.4. The average Bonchev–Trinajstić information content (AvgIpc) is 2.02. The molecule has 0 aliphatic rings. The third-order valence-corrected chi connectivity index (χ3v) is 1.48. The summed E-state index contributed by atoms with van der Waals surface area (Å²) in [5.41, 5.74) is 3.10. The van der Waals surface area contributed by atoms with Crippen LogP contribution in [0.4, 0.5) is 13.2 Å². The molecular formula is C9H19F3N2O2. The number of primary amides is 1. The second-order valence-electron chi connectivity index (χ2n) is 3.44. The van der Waals surface area contributed by atoms with Gasteiger partial charge in [-0.1, -0.05) is 13.8 Å². The lowest BCUT2D eigenvalue weighted by molar-refractivity contribution is -0.181. The molecule has 4 nitrogen and oxygen atoms in total. The molecule has 1 unspecified atom stereocenters. The van der Waals surface area contributed by atoms with Crippen LogP contribution in [0.2, 0.25) is 0 Å². The molecule has 0 aliphatic heterocycles. The number of nitrogens with two attached hydrogens (primary N) is 1. The number of hydrogen-bond donors (Lipinski definition) is 3. The van der Waals surface area contributed by atoms with Gasteiger partial charge in [0.25, 0.3) is 0 Å². The van der Waals surface area contributed by atoms with Gasteiger partial charge in [0.2, 0.25) is 5.91 Å². The Kier molecular flexibility index (Phi) is 7.35. The van der Waals surface area contributed by atoms with Crippen molar-refractivity contribution in [2.75, 3.05) is 6.54 Å². The van der Waals surface area contributed by atoms with E-state index in [1.54, 1.807) is 0 Å². The fourth-order valence-corrected chi connectivity index (χ4v) is 0.729. The van der Waals surface area contributed by atoms with E-state index in [1.165, 1.54) is 13.8 Å². The van der Waals surface area contributed by atoms with Gasteiger partial charge in [0.05, 0.1) is 0 Å². The summed E-state index contributed by atoms with van der Waals surface area (Å²) in [6.07, 6.45) is -4.69. The fraction of sp³-hybridized carbons (Fsp3) is 0.889. The minimum atomic E-state index is -4.69. The van der Waals surface area contributed by atoms with E-state index in [0.29, 0.717) is 0 Å². The van der Waals surface area contributed by atoms with Gasteiger partial charge in [-0.3, -0.25) is 10.1 Å². The molecule has 0 aromatic rings. The third kappa shape index (κ3) is 8.49. The number of alkyl halides is 3. The standard InChI is InChI=1S/C7H13F3N2O2.C2H6/c1-6(2,14)12-3-4(5(11)13)7(8,9)10;1-2/h4,12,14H,3H2,1-2H3,(H2,11,13);1-2H3. The van der Waals surface area contributed by atoms with Crippen molar-refractivity contribution in [1.29, 1.82) is 0 Å². The summed E-state index contributed by atoms with van der Waals surface area (Å²) in [4.78, 5) is 10.4. The summed E-state index contributed by atoms with van der Waals surface area (Å²) in [6, 6.07) is 0. The average molecular weight is 244 g/mol. The third-order valence-electron chi connectivity index (χ3n) is 1.48. The van der Waals surface area contributed by atoms with E-state index in [-0.39, 0.29) is 0 Å². The summed E-state index contributed by atoms with van der Waals surface area (Å²) < 4.78 is 36.4. The molecule has 0 spiro atoms. The van der Waals surface area contributed by atoms with Gasteiger partial charge in [-0.15, -0.1) is 0 Å². The van der Waals surface area contributed by atoms with Crippen LogP contribution in [0.25, 0.3) is 0 Å². The Labute approximate surface area is 93.0 Å². The Balaban J connectivity index is 0. The zero-order valence-corrected chi connectivity index (χ0v) is 9.85. The molecule has 1 amide bonds. The van der Waals surface area contributed by atoms with E-state index >= 15 is 0 Å². The highest BCUT2D eigenvalue weighted by Gasteiger charge is 2.43. The lowest BCUT2D eigenvalue weighted by Gasteiger charge is -2.23. The monoisotopic (exact) mass is 244 g/mol. The zero-order chi connectivity index (χ0) is 13.6. The molecule has 0 heterocycles. The minimum Gasteiger partial charge on any atom is -0.376 e. The van der Waals surface area contributed by atoms with Gasteiger partial charge in [0, 0.05) is 6.54 Å². The normalized spacial score (nSPS) is 13.8. The Morgan fingerprint density at radius 2 is 1.75 bits per heavy atom. The van der Waals surface area contributed by atoms with E-state index in [9.17, 15) is 18.0 Å². The molecule has 0 aliphatic carbocycles. The quantitative estimate of drug-likeness (QED) is 0.646. The van der Waals surface area contributed by atoms with Crippen molar-refractivity contribution in [3.05, 3.63) is 0 Å². The number of hydrogen-bond acceptors (Lipinski definition) is 3. The van der Waals surface area contributed by atoms with Crippen molar-refractivity contribution in [1.82, 2.24) is 5.32 Å². The van der Waals surface area contributed by atoms with Crippen LogP contribution >= 0.6 is 0 Å². The van der Waals surface area contributed by atoms with Gasteiger partial charge >= 0.3 is 6.18 Å².